The molecule has 1 aromatic carbocycles. The van der Waals surface area contributed by atoms with Crippen LogP contribution in [0.2, 0.25) is 0 Å². The molecule has 0 aliphatic rings. The van der Waals surface area contributed by atoms with Gasteiger partial charge in [-0.15, -0.1) is 0 Å². The lowest BCUT2D eigenvalue weighted by molar-refractivity contribution is -0.139. The number of aromatic nitrogens is 3. The van der Waals surface area contributed by atoms with Crippen LogP contribution in [0.5, 0.6) is 5.75 Å². The van der Waals surface area contributed by atoms with Gasteiger partial charge in [0.05, 0.1) is 18.9 Å². The van der Waals surface area contributed by atoms with Crippen LogP contribution in [0.1, 0.15) is 41.9 Å². The highest BCUT2D eigenvalue weighted by Gasteiger charge is 2.24. The molecular formula is C19H19FN4O4. The Labute approximate surface area is 159 Å². The van der Waals surface area contributed by atoms with Gasteiger partial charge in [-0.05, 0) is 37.6 Å². The molecule has 2 heterocycles. The summed E-state index contributed by atoms with van der Waals surface area (Å²) >= 11 is 0. The molecule has 1 unspecified atom stereocenters. The Morgan fingerprint density at radius 2 is 2.00 bits per heavy atom. The van der Waals surface area contributed by atoms with E-state index < -0.39 is 23.7 Å². The standard InChI is InChI=1S/C19H19FN4O4/c1-10(2)24-17-12(9-22-24)6-13(8-21-17)18(25)23-16(19(26)27)11-4-5-15(28-3)14(20)7-11/h4-10,16H,1-3H3,(H,23,25)(H,26,27). The number of pyridine rings is 1. The Morgan fingerprint density at radius 1 is 1.25 bits per heavy atom. The number of nitrogens with one attached hydrogen (secondary N) is 1. The molecule has 9 heteroatoms. The van der Waals surface area contributed by atoms with Crippen molar-refractivity contribution in [2.24, 2.45) is 0 Å². The zero-order valence-electron chi connectivity index (χ0n) is 15.5. The minimum absolute atomic E-state index is 0.0176. The maximum atomic E-state index is 13.9. The molecular weight excluding hydrogens is 367 g/mol. The molecule has 0 aliphatic heterocycles. The van der Waals surface area contributed by atoms with Crippen molar-refractivity contribution in [2.75, 3.05) is 7.11 Å². The first kappa shape index (κ1) is 19.3. The van der Waals surface area contributed by atoms with E-state index in [1.807, 2.05) is 13.8 Å². The first-order valence-electron chi connectivity index (χ1n) is 8.52. The number of nitrogens with zero attached hydrogens (tertiary/aromatic N) is 3. The van der Waals surface area contributed by atoms with Gasteiger partial charge in [0, 0.05) is 17.6 Å². The number of methoxy groups -OCH3 is 1. The smallest absolute Gasteiger partial charge is 0.330 e. The number of rotatable bonds is 6. The van der Waals surface area contributed by atoms with Gasteiger partial charge in [-0.25, -0.2) is 18.9 Å². The monoisotopic (exact) mass is 386 g/mol. The summed E-state index contributed by atoms with van der Waals surface area (Å²) in [6, 6.07) is 3.96. The zero-order valence-corrected chi connectivity index (χ0v) is 15.5. The fraction of sp³-hybridized carbons (Fsp3) is 0.263. The first-order valence-corrected chi connectivity index (χ1v) is 8.52. The van der Waals surface area contributed by atoms with Gasteiger partial charge in [0.25, 0.3) is 5.91 Å². The van der Waals surface area contributed by atoms with Crippen LogP contribution in [-0.4, -0.2) is 38.9 Å². The van der Waals surface area contributed by atoms with E-state index in [2.05, 4.69) is 15.4 Å². The number of carboxylic acid groups (broad SMARTS) is 1. The average molecular weight is 386 g/mol. The number of aliphatic carboxylic acids is 1. The van der Waals surface area contributed by atoms with Gasteiger partial charge in [-0.1, -0.05) is 6.07 Å². The Hall–Kier alpha value is -3.49. The third-order valence-electron chi connectivity index (χ3n) is 4.22. The van der Waals surface area contributed by atoms with E-state index in [0.717, 1.165) is 6.07 Å². The molecule has 0 saturated carbocycles. The summed E-state index contributed by atoms with van der Waals surface area (Å²) in [6.45, 7) is 3.92. The number of carboxylic acids is 1. The van der Waals surface area contributed by atoms with Crippen LogP contribution >= 0.6 is 0 Å². The number of halogens is 1. The Bertz CT molecular complexity index is 1050. The van der Waals surface area contributed by atoms with Crippen molar-refractivity contribution in [3.8, 4) is 5.75 Å². The van der Waals surface area contributed by atoms with Crippen molar-refractivity contribution in [3.63, 3.8) is 0 Å². The van der Waals surface area contributed by atoms with Crippen LogP contribution in [0.25, 0.3) is 11.0 Å². The van der Waals surface area contributed by atoms with Crippen LogP contribution in [-0.2, 0) is 4.79 Å². The fourth-order valence-corrected chi connectivity index (χ4v) is 2.81. The molecule has 1 atom stereocenters. The van der Waals surface area contributed by atoms with Crippen LogP contribution in [0.15, 0.2) is 36.7 Å². The minimum atomic E-state index is -1.43. The van der Waals surface area contributed by atoms with E-state index in [1.165, 1.54) is 25.4 Å². The molecule has 2 N–H and O–H groups in total. The molecule has 3 rings (SSSR count). The molecule has 1 amide bonds. The highest BCUT2D eigenvalue weighted by molar-refractivity contribution is 5.98. The fourth-order valence-electron chi connectivity index (χ4n) is 2.81. The number of amides is 1. The Kier molecular flexibility index (Phi) is 5.25. The van der Waals surface area contributed by atoms with Gasteiger partial charge in [0.2, 0.25) is 0 Å². The van der Waals surface area contributed by atoms with Crippen molar-refractivity contribution in [2.45, 2.75) is 25.9 Å². The lowest BCUT2D eigenvalue weighted by Crippen LogP contribution is -2.33. The number of ether oxygens (including phenoxy) is 1. The van der Waals surface area contributed by atoms with Gasteiger partial charge in [-0.3, -0.25) is 4.79 Å². The summed E-state index contributed by atoms with van der Waals surface area (Å²) in [7, 11) is 1.30. The second kappa shape index (κ2) is 7.63. The molecule has 0 bridgehead atoms. The minimum Gasteiger partial charge on any atom is -0.494 e. The highest BCUT2D eigenvalue weighted by Crippen LogP contribution is 2.23. The van der Waals surface area contributed by atoms with Gasteiger partial charge in [0.15, 0.2) is 23.3 Å². The summed E-state index contributed by atoms with van der Waals surface area (Å²) in [4.78, 5) is 28.5. The maximum Gasteiger partial charge on any atom is 0.330 e. The summed E-state index contributed by atoms with van der Waals surface area (Å²) in [5, 5.41) is 16.8. The summed E-state index contributed by atoms with van der Waals surface area (Å²) in [6.07, 6.45) is 2.94. The largest absolute Gasteiger partial charge is 0.494 e. The van der Waals surface area contributed by atoms with Gasteiger partial charge in [0.1, 0.15) is 0 Å². The Morgan fingerprint density at radius 3 is 2.61 bits per heavy atom. The topological polar surface area (TPSA) is 106 Å². The zero-order chi connectivity index (χ0) is 20.4. The molecule has 0 fully saturated rings. The average Bonchev–Trinajstić information content (AvgIpc) is 3.09. The second-order valence-corrected chi connectivity index (χ2v) is 6.46. The first-order chi connectivity index (χ1) is 13.3. The molecule has 0 radical (unpaired) electrons. The van der Waals surface area contributed by atoms with Crippen molar-refractivity contribution >= 4 is 22.9 Å². The van der Waals surface area contributed by atoms with E-state index in [0.29, 0.717) is 11.0 Å². The summed E-state index contributed by atoms with van der Waals surface area (Å²) in [5.74, 6) is -2.70. The number of hydrogen-bond acceptors (Lipinski definition) is 5. The molecule has 3 aromatic rings. The highest BCUT2D eigenvalue weighted by atomic mass is 19.1. The van der Waals surface area contributed by atoms with Crippen LogP contribution < -0.4 is 10.1 Å². The molecule has 0 spiro atoms. The molecule has 8 nitrogen and oxygen atoms in total. The van der Waals surface area contributed by atoms with E-state index in [-0.39, 0.29) is 22.9 Å². The van der Waals surface area contributed by atoms with Crippen molar-refractivity contribution < 1.29 is 23.8 Å². The number of benzene rings is 1. The predicted molar refractivity (Wildman–Crippen MR) is 98.7 cm³/mol. The Balaban J connectivity index is 1.87. The molecule has 0 aliphatic carbocycles. The van der Waals surface area contributed by atoms with E-state index in [4.69, 9.17) is 4.74 Å². The molecule has 0 saturated heterocycles. The number of carbonyl (C=O) groups excluding carboxylic acids is 1. The van der Waals surface area contributed by atoms with Crippen LogP contribution in [0.4, 0.5) is 4.39 Å². The number of fused-ring (bicyclic) bond motifs is 1. The predicted octanol–water partition coefficient (Wildman–Crippen LogP) is 2.72. The van der Waals surface area contributed by atoms with Gasteiger partial charge >= 0.3 is 5.97 Å². The summed E-state index contributed by atoms with van der Waals surface area (Å²) < 4.78 is 20.5. The van der Waals surface area contributed by atoms with E-state index in [1.54, 1.807) is 16.9 Å². The third kappa shape index (κ3) is 3.64. The molecule has 28 heavy (non-hydrogen) atoms. The van der Waals surface area contributed by atoms with Gasteiger partial charge in [-0.2, -0.15) is 5.10 Å². The second-order valence-electron chi connectivity index (χ2n) is 6.46. The van der Waals surface area contributed by atoms with Crippen molar-refractivity contribution in [1.82, 2.24) is 20.1 Å². The van der Waals surface area contributed by atoms with Crippen LogP contribution in [0, 0.1) is 5.82 Å². The lowest BCUT2D eigenvalue weighted by atomic mass is 10.1. The SMILES string of the molecule is COc1ccc(C(NC(=O)c2cnc3c(cnn3C(C)C)c2)C(=O)O)cc1F. The summed E-state index contributed by atoms with van der Waals surface area (Å²) in [5.41, 5.74) is 0.885. The third-order valence-corrected chi connectivity index (χ3v) is 4.22. The van der Waals surface area contributed by atoms with E-state index >= 15 is 0 Å². The molecule has 2 aromatic heterocycles. The number of carbonyl (C=O) groups is 2. The van der Waals surface area contributed by atoms with Crippen LogP contribution in [0.3, 0.4) is 0 Å². The lowest BCUT2D eigenvalue weighted by Gasteiger charge is -2.16. The normalized spacial score (nSPS) is 12.2. The van der Waals surface area contributed by atoms with Crippen molar-refractivity contribution in [1.29, 1.82) is 0 Å². The quantitative estimate of drug-likeness (QED) is 0.675. The van der Waals surface area contributed by atoms with E-state index in [9.17, 15) is 19.1 Å². The molecule has 146 valence electrons. The van der Waals surface area contributed by atoms with Crippen molar-refractivity contribution in [3.05, 3.63) is 53.6 Å². The maximum absolute atomic E-state index is 13.9. The number of hydrogen-bond donors (Lipinski definition) is 2. The van der Waals surface area contributed by atoms with Gasteiger partial charge < -0.3 is 15.2 Å².